The fourth-order valence-electron chi connectivity index (χ4n) is 9.36. The summed E-state index contributed by atoms with van der Waals surface area (Å²) in [5.41, 5.74) is 16.2. The van der Waals surface area contributed by atoms with E-state index in [0.717, 1.165) is 56.4 Å². The van der Waals surface area contributed by atoms with Crippen molar-refractivity contribution in [2.75, 3.05) is 9.80 Å². The van der Waals surface area contributed by atoms with E-state index in [2.05, 4.69) is 301 Å². The summed E-state index contributed by atoms with van der Waals surface area (Å²) in [5.74, 6) is 0. The first-order valence-corrected chi connectivity index (χ1v) is 23.2. The first kappa shape index (κ1) is 41.7. The van der Waals surface area contributed by atoms with Crippen LogP contribution < -0.4 is 9.80 Å². The molecule has 11 rings (SSSR count). The molecule has 0 amide bonds. The minimum Gasteiger partial charge on any atom is -0.311 e. The maximum absolute atomic E-state index is 2.37. The summed E-state index contributed by atoms with van der Waals surface area (Å²) in [5, 5.41) is 4.91. The van der Waals surface area contributed by atoms with E-state index < -0.39 is 0 Å². The fourth-order valence-corrected chi connectivity index (χ4v) is 9.36. The average molecular weight is 869 g/mol. The van der Waals surface area contributed by atoms with E-state index in [0.29, 0.717) is 0 Å². The molecule has 0 bridgehead atoms. The Kier molecular flexibility index (Phi) is 11.8. The van der Waals surface area contributed by atoms with Gasteiger partial charge >= 0.3 is 0 Å². The zero-order valence-electron chi connectivity index (χ0n) is 37.6. The van der Waals surface area contributed by atoms with Crippen LogP contribution in [0.3, 0.4) is 0 Å². The third kappa shape index (κ3) is 8.75. The van der Waals surface area contributed by atoms with Crippen molar-refractivity contribution in [1.82, 2.24) is 0 Å². The van der Waals surface area contributed by atoms with Crippen molar-refractivity contribution in [1.29, 1.82) is 0 Å². The summed E-state index contributed by atoms with van der Waals surface area (Å²) in [6.45, 7) is 0. The van der Waals surface area contributed by atoms with Crippen LogP contribution in [-0.4, -0.2) is 0 Å². The third-order valence-corrected chi connectivity index (χ3v) is 12.6. The van der Waals surface area contributed by atoms with Gasteiger partial charge in [0.15, 0.2) is 0 Å². The largest absolute Gasteiger partial charge is 0.311 e. The molecule has 11 aromatic rings. The molecule has 0 aliphatic heterocycles. The zero-order valence-corrected chi connectivity index (χ0v) is 37.6. The molecule has 0 saturated carbocycles. The zero-order chi connectivity index (χ0) is 45.5. The standard InChI is InChI=1S/C66H48N2/c1-7-19-53(20-8-1)65-61-45-39-52(34-32-50-37-43-60(44-38-50)68(57-27-15-5-16-28-57)58-29-17-6-18-30-58)48-64(61)66(54-21-9-2-10-22-54)62-46-40-51(47-63(62)65)33-31-49-35-41-59(42-36-49)67(55-23-11-3-12-24-55)56-25-13-4-14-26-56/h1-48H/b33-31+,34-32+. The number of anilines is 6. The van der Waals surface area contributed by atoms with Crippen LogP contribution in [0.1, 0.15) is 22.3 Å². The van der Waals surface area contributed by atoms with Gasteiger partial charge in [-0.15, -0.1) is 0 Å². The molecule has 0 atom stereocenters. The third-order valence-electron chi connectivity index (χ3n) is 12.6. The van der Waals surface area contributed by atoms with E-state index in [9.17, 15) is 0 Å². The van der Waals surface area contributed by atoms with Crippen molar-refractivity contribution < 1.29 is 0 Å². The van der Waals surface area contributed by atoms with Gasteiger partial charge in [-0.3, -0.25) is 0 Å². The predicted molar refractivity (Wildman–Crippen MR) is 292 cm³/mol. The van der Waals surface area contributed by atoms with Crippen LogP contribution in [0.4, 0.5) is 34.1 Å². The average Bonchev–Trinajstić information content (AvgIpc) is 3.41. The SMILES string of the molecule is C(=C\c1ccc2c(-c3ccccc3)c3cc(/C=C/c4ccc(N(c5ccccc5)c5ccccc5)cc4)ccc3c(-c3ccccc3)c2c1)/c1ccc(N(c2ccccc2)c2ccccc2)cc1. The molecule has 0 aliphatic carbocycles. The predicted octanol–water partition coefficient (Wildman–Crippen LogP) is 18.6. The van der Waals surface area contributed by atoms with E-state index in [1.165, 1.54) is 43.8 Å². The Balaban J connectivity index is 0.956. The van der Waals surface area contributed by atoms with Gasteiger partial charge in [0.05, 0.1) is 0 Å². The lowest BCUT2D eigenvalue weighted by Crippen LogP contribution is -2.09. The van der Waals surface area contributed by atoms with Gasteiger partial charge in [0, 0.05) is 34.1 Å². The van der Waals surface area contributed by atoms with Crippen LogP contribution in [-0.2, 0) is 0 Å². The molecule has 0 N–H and O–H groups in total. The molecule has 0 heterocycles. The van der Waals surface area contributed by atoms with Gasteiger partial charge in [-0.05, 0) is 151 Å². The Morgan fingerprint density at radius 2 is 0.456 bits per heavy atom. The Labute approximate surface area is 399 Å². The molecule has 11 aromatic carbocycles. The Bertz CT molecular complexity index is 3180. The Hall–Kier alpha value is -8.98. The van der Waals surface area contributed by atoms with Gasteiger partial charge in [-0.25, -0.2) is 0 Å². The van der Waals surface area contributed by atoms with Crippen molar-refractivity contribution in [3.8, 4) is 22.3 Å². The molecule has 0 radical (unpaired) electrons. The molecule has 0 aromatic heterocycles. The number of nitrogens with zero attached hydrogens (tertiary/aromatic N) is 2. The summed E-state index contributed by atoms with van der Waals surface area (Å²) < 4.78 is 0. The summed E-state index contributed by atoms with van der Waals surface area (Å²) in [6, 6.07) is 95.4. The second kappa shape index (κ2) is 19.2. The van der Waals surface area contributed by atoms with Crippen molar-refractivity contribution in [2.24, 2.45) is 0 Å². The molecular weight excluding hydrogens is 821 g/mol. The molecule has 2 nitrogen and oxygen atoms in total. The van der Waals surface area contributed by atoms with Gasteiger partial charge in [0.1, 0.15) is 0 Å². The van der Waals surface area contributed by atoms with Crippen LogP contribution in [0, 0.1) is 0 Å². The molecule has 0 unspecified atom stereocenters. The molecule has 0 aliphatic rings. The number of hydrogen-bond donors (Lipinski definition) is 0. The van der Waals surface area contributed by atoms with Crippen LogP contribution in [0.15, 0.2) is 267 Å². The van der Waals surface area contributed by atoms with E-state index in [1.54, 1.807) is 0 Å². The lowest BCUT2D eigenvalue weighted by atomic mass is 9.84. The molecule has 322 valence electrons. The quantitative estimate of drug-likeness (QED) is 0.0892. The van der Waals surface area contributed by atoms with E-state index in [4.69, 9.17) is 0 Å². The lowest BCUT2D eigenvalue weighted by molar-refractivity contribution is 1.28. The highest BCUT2D eigenvalue weighted by molar-refractivity contribution is 6.22. The number of fused-ring (bicyclic) bond motifs is 2. The summed E-state index contributed by atoms with van der Waals surface area (Å²) >= 11 is 0. The summed E-state index contributed by atoms with van der Waals surface area (Å²) in [4.78, 5) is 4.59. The monoisotopic (exact) mass is 868 g/mol. The maximum Gasteiger partial charge on any atom is 0.0462 e. The van der Waals surface area contributed by atoms with Crippen LogP contribution >= 0.6 is 0 Å². The molecule has 0 spiro atoms. The molecule has 0 fully saturated rings. The first-order valence-electron chi connectivity index (χ1n) is 23.2. The molecule has 0 saturated heterocycles. The minimum absolute atomic E-state index is 1.11. The minimum atomic E-state index is 1.11. The van der Waals surface area contributed by atoms with Gasteiger partial charge < -0.3 is 9.80 Å². The first-order chi connectivity index (χ1) is 33.7. The maximum atomic E-state index is 2.37. The lowest BCUT2D eigenvalue weighted by Gasteiger charge is -2.25. The number of para-hydroxylation sites is 4. The van der Waals surface area contributed by atoms with Crippen molar-refractivity contribution in [3.05, 3.63) is 289 Å². The Morgan fingerprint density at radius 3 is 0.765 bits per heavy atom. The molecule has 68 heavy (non-hydrogen) atoms. The van der Waals surface area contributed by atoms with Crippen molar-refractivity contribution in [2.45, 2.75) is 0 Å². The van der Waals surface area contributed by atoms with E-state index in [1.807, 2.05) is 0 Å². The van der Waals surface area contributed by atoms with Crippen molar-refractivity contribution in [3.63, 3.8) is 0 Å². The molecular formula is C66H48N2. The number of rotatable bonds is 12. The highest BCUT2D eigenvalue weighted by Gasteiger charge is 2.18. The van der Waals surface area contributed by atoms with Gasteiger partial charge in [0.2, 0.25) is 0 Å². The van der Waals surface area contributed by atoms with Crippen molar-refractivity contribution >= 4 is 80.0 Å². The summed E-state index contributed by atoms with van der Waals surface area (Å²) in [7, 11) is 0. The number of benzene rings is 11. The van der Waals surface area contributed by atoms with Crippen LogP contribution in [0.25, 0.3) is 68.1 Å². The smallest absolute Gasteiger partial charge is 0.0462 e. The highest BCUT2D eigenvalue weighted by Crippen LogP contribution is 2.45. The van der Waals surface area contributed by atoms with Gasteiger partial charge in [0.25, 0.3) is 0 Å². The highest BCUT2D eigenvalue weighted by atomic mass is 15.1. The summed E-state index contributed by atoms with van der Waals surface area (Å²) in [6.07, 6.45) is 8.92. The number of hydrogen-bond acceptors (Lipinski definition) is 2. The topological polar surface area (TPSA) is 6.48 Å². The molecule has 2 heteroatoms. The van der Waals surface area contributed by atoms with E-state index in [-0.39, 0.29) is 0 Å². The Morgan fingerprint density at radius 1 is 0.206 bits per heavy atom. The second-order valence-electron chi connectivity index (χ2n) is 17.0. The van der Waals surface area contributed by atoms with Gasteiger partial charge in [-0.2, -0.15) is 0 Å². The second-order valence-corrected chi connectivity index (χ2v) is 17.0. The van der Waals surface area contributed by atoms with Crippen LogP contribution in [0.2, 0.25) is 0 Å². The van der Waals surface area contributed by atoms with E-state index >= 15 is 0 Å². The van der Waals surface area contributed by atoms with Gasteiger partial charge in [-0.1, -0.05) is 206 Å². The fraction of sp³-hybridized carbons (Fsp3) is 0. The normalized spacial score (nSPS) is 11.4. The van der Waals surface area contributed by atoms with Crippen LogP contribution in [0.5, 0.6) is 0 Å².